The summed E-state index contributed by atoms with van der Waals surface area (Å²) in [4.78, 5) is 21.7. The number of hydrogen-bond donors (Lipinski definition) is 4. The number of aromatic nitrogens is 2. The number of nitrogens with one attached hydrogen (secondary N) is 2. The minimum atomic E-state index is -3.63. The fraction of sp³-hybridized carbons (Fsp3) is 0.375. The Morgan fingerprint density at radius 1 is 1.47 bits per heavy atom. The molecule has 1 aromatic heterocycles. The van der Waals surface area contributed by atoms with Gasteiger partial charge in [0.15, 0.2) is 0 Å². The van der Waals surface area contributed by atoms with Gasteiger partial charge in [0.2, 0.25) is 10.0 Å². The van der Waals surface area contributed by atoms with Crippen molar-refractivity contribution in [2.75, 3.05) is 17.6 Å². The number of hydrogen-bond acceptors (Lipinski definition) is 5. The zero-order valence-electron chi connectivity index (χ0n) is 9.74. The fourth-order valence-electron chi connectivity index (χ4n) is 1.14. The Hall–Kier alpha value is -2.14. The van der Waals surface area contributed by atoms with Gasteiger partial charge >= 0.3 is 12.0 Å². The minimum absolute atomic E-state index is 0.131. The van der Waals surface area contributed by atoms with E-state index in [1.807, 2.05) is 0 Å². The lowest BCUT2D eigenvalue weighted by Gasteiger charge is -2.04. The highest BCUT2D eigenvalue weighted by molar-refractivity contribution is 7.89. The lowest BCUT2D eigenvalue weighted by molar-refractivity contribution is -0.137. The van der Waals surface area contributed by atoms with Crippen LogP contribution < -0.4 is 15.8 Å². The monoisotopic (exact) mass is 291 g/mol. The van der Waals surface area contributed by atoms with Gasteiger partial charge in [-0.05, 0) is 0 Å². The molecule has 0 saturated carbocycles. The van der Waals surface area contributed by atoms with Gasteiger partial charge in [0.05, 0.1) is 17.6 Å². The van der Waals surface area contributed by atoms with Crippen LogP contribution in [0.2, 0.25) is 0 Å². The predicted molar refractivity (Wildman–Crippen MR) is 64.9 cm³/mol. The summed E-state index contributed by atoms with van der Waals surface area (Å²) >= 11 is 0. The maximum Gasteiger partial charge on any atom is 0.325 e. The maximum absolute atomic E-state index is 11.3. The lowest BCUT2D eigenvalue weighted by atomic mass is 10.5. The highest BCUT2D eigenvalue weighted by atomic mass is 32.2. The van der Waals surface area contributed by atoms with E-state index in [4.69, 9.17) is 10.2 Å². The van der Waals surface area contributed by atoms with Crippen molar-refractivity contribution < 1.29 is 23.1 Å². The molecule has 1 heterocycles. The van der Waals surface area contributed by atoms with Crippen molar-refractivity contribution in [3.63, 3.8) is 0 Å². The van der Waals surface area contributed by atoms with Crippen LogP contribution in [0.4, 0.5) is 10.5 Å². The molecule has 0 fully saturated rings. The summed E-state index contributed by atoms with van der Waals surface area (Å²) in [6.07, 6.45) is 2.59. The van der Waals surface area contributed by atoms with Crippen molar-refractivity contribution in [1.82, 2.24) is 15.1 Å². The van der Waals surface area contributed by atoms with Crippen LogP contribution in [0.1, 0.15) is 0 Å². The van der Waals surface area contributed by atoms with E-state index >= 15 is 0 Å². The molecule has 0 aliphatic carbocycles. The molecule has 19 heavy (non-hydrogen) atoms. The number of rotatable bonds is 6. The molecule has 2 amide bonds. The number of nitrogens with zero attached hydrogens (tertiary/aromatic N) is 2. The first-order chi connectivity index (χ1) is 8.76. The highest BCUT2D eigenvalue weighted by Crippen LogP contribution is 2.03. The number of anilines is 1. The van der Waals surface area contributed by atoms with Crippen molar-refractivity contribution in [2.45, 2.75) is 6.54 Å². The number of amides is 2. The van der Waals surface area contributed by atoms with E-state index in [1.54, 1.807) is 0 Å². The van der Waals surface area contributed by atoms with Crippen molar-refractivity contribution in [2.24, 2.45) is 5.14 Å². The van der Waals surface area contributed by atoms with E-state index in [-0.39, 0.29) is 24.5 Å². The largest absolute Gasteiger partial charge is 0.480 e. The number of sulfonamides is 1. The van der Waals surface area contributed by atoms with Gasteiger partial charge in [0.1, 0.15) is 6.54 Å². The van der Waals surface area contributed by atoms with Gasteiger partial charge in [-0.25, -0.2) is 18.4 Å². The number of carbonyl (C=O) groups excluding carboxylic acids is 1. The van der Waals surface area contributed by atoms with Gasteiger partial charge in [-0.2, -0.15) is 5.10 Å². The Balaban J connectivity index is 2.40. The standard InChI is InChI=1S/C8H13N5O5S/c9-19(17,18)2-1-10-8(16)12-6-3-11-13(4-6)5-7(14)15/h3-4H,1-2,5H2,(H,14,15)(H2,9,17,18)(H2,10,12,16). The van der Waals surface area contributed by atoms with E-state index in [0.29, 0.717) is 0 Å². The number of primary sulfonamides is 1. The second-order valence-corrected chi connectivity index (χ2v) is 5.30. The molecule has 0 aliphatic heterocycles. The number of carbonyl (C=O) groups is 2. The first-order valence-corrected chi connectivity index (χ1v) is 6.77. The number of nitrogens with two attached hydrogens (primary N) is 1. The average molecular weight is 291 g/mol. The van der Waals surface area contributed by atoms with Crippen LogP contribution in [0.3, 0.4) is 0 Å². The summed E-state index contributed by atoms with van der Waals surface area (Å²) in [5, 5.41) is 21.6. The number of urea groups is 1. The maximum atomic E-state index is 11.3. The number of aliphatic carboxylic acids is 1. The fourth-order valence-corrected chi connectivity index (χ4v) is 1.52. The van der Waals surface area contributed by atoms with Gasteiger partial charge in [0, 0.05) is 12.7 Å². The Morgan fingerprint density at radius 3 is 2.74 bits per heavy atom. The summed E-state index contributed by atoms with van der Waals surface area (Å²) in [5.41, 5.74) is 0.286. The molecule has 0 spiro atoms. The van der Waals surface area contributed by atoms with Gasteiger partial charge < -0.3 is 15.7 Å². The first-order valence-electron chi connectivity index (χ1n) is 5.06. The van der Waals surface area contributed by atoms with E-state index in [9.17, 15) is 18.0 Å². The highest BCUT2D eigenvalue weighted by Gasteiger charge is 2.07. The third kappa shape index (κ3) is 6.38. The Kier molecular flexibility index (Phi) is 4.83. The smallest absolute Gasteiger partial charge is 0.325 e. The molecule has 0 atom stereocenters. The molecule has 0 saturated heterocycles. The van der Waals surface area contributed by atoms with Crippen LogP contribution in [-0.4, -0.2) is 47.6 Å². The number of carboxylic acid groups (broad SMARTS) is 1. The van der Waals surface area contributed by atoms with Gasteiger partial charge in [-0.15, -0.1) is 0 Å². The zero-order valence-corrected chi connectivity index (χ0v) is 10.6. The second kappa shape index (κ2) is 6.15. The summed E-state index contributed by atoms with van der Waals surface area (Å²) in [6, 6.07) is -0.640. The molecule has 0 unspecified atom stereocenters. The molecule has 10 nitrogen and oxygen atoms in total. The Labute approximate surface area is 108 Å². The molecular formula is C8H13N5O5S. The molecule has 0 aromatic carbocycles. The van der Waals surface area contributed by atoms with Gasteiger partial charge in [-0.3, -0.25) is 9.48 Å². The quantitative estimate of drug-likeness (QED) is 0.493. The first kappa shape index (κ1) is 14.9. The topological polar surface area (TPSA) is 156 Å². The summed E-state index contributed by atoms with van der Waals surface area (Å²) in [7, 11) is -3.63. The van der Waals surface area contributed by atoms with Crippen LogP contribution in [0.15, 0.2) is 12.4 Å². The summed E-state index contributed by atoms with van der Waals surface area (Å²) in [5.74, 6) is -1.44. The van der Waals surface area contributed by atoms with E-state index in [2.05, 4.69) is 15.7 Å². The van der Waals surface area contributed by atoms with Crippen molar-refractivity contribution in [3.8, 4) is 0 Å². The number of carboxylic acids is 1. The van der Waals surface area contributed by atoms with Crippen LogP contribution in [-0.2, 0) is 21.4 Å². The second-order valence-electron chi connectivity index (χ2n) is 3.57. The Bertz CT molecular complexity index is 566. The summed E-state index contributed by atoms with van der Waals surface area (Å²) in [6.45, 7) is -0.456. The molecule has 1 aromatic rings. The minimum Gasteiger partial charge on any atom is -0.480 e. The van der Waals surface area contributed by atoms with Crippen molar-refractivity contribution >= 4 is 27.7 Å². The third-order valence-electron chi connectivity index (χ3n) is 1.86. The normalized spacial score (nSPS) is 11.0. The van der Waals surface area contributed by atoms with Crippen molar-refractivity contribution in [1.29, 1.82) is 0 Å². The summed E-state index contributed by atoms with van der Waals surface area (Å²) < 4.78 is 22.4. The molecule has 0 bridgehead atoms. The van der Waals surface area contributed by atoms with Crippen LogP contribution >= 0.6 is 0 Å². The molecule has 5 N–H and O–H groups in total. The third-order valence-corrected chi connectivity index (χ3v) is 2.63. The molecule has 0 radical (unpaired) electrons. The van der Waals surface area contributed by atoms with Gasteiger partial charge in [0.25, 0.3) is 0 Å². The molecular weight excluding hydrogens is 278 g/mol. The zero-order chi connectivity index (χ0) is 14.5. The van der Waals surface area contributed by atoms with E-state index in [1.165, 1.54) is 12.4 Å². The molecule has 106 valence electrons. The SMILES string of the molecule is NS(=O)(=O)CCNC(=O)Nc1cnn(CC(=O)O)c1. The molecule has 1 rings (SSSR count). The molecule has 0 aliphatic rings. The van der Waals surface area contributed by atoms with Crippen LogP contribution in [0, 0.1) is 0 Å². The van der Waals surface area contributed by atoms with E-state index < -0.39 is 22.0 Å². The van der Waals surface area contributed by atoms with Crippen LogP contribution in [0.5, 0.6) is 0 Å². The Morgan fingerprint density at radius 2 is 2.16 bits per heavy atom. The lowest BCUT2D eigenvalue weighted by Crippen LogP contribution is -2.34. The average Bonchev–Trinajstić information content (AvgIpc) is 2.62. The van der Waals surface area contributed by atoms with Gasteiger partial charge in [-0.1, -0.05) is 0 Å². The van der Waals surface area contributed by atoms with Crippen LogP contribution in [0.25, 0.3) is 0 Å². The predicted octanol–water partition coefficient (Wildman–Crippen LogP) is -1.62. The van der Waals surface area contributed by atoms with E-state index in [0.717, 1.165) is 4.68 Å². The molecule has 11 heteroatoms. The van der Waals surface area contributed by atoms with Crippen molar-refractivity contribution in [3.05, 3.63) is 12.4 Å².